The smallest absolute Gasteiger partial charge is 0.123 e. The summed E-state index contributed by atoms with van der Waals surface area (Å²) in [6.45, 7) is 0.167. The summed E-state index contributed by atoms with van der Waals surface area (Å²) in [7, 11) is 0. The summed E-state index contributed by atoms with van der Waals surface area (Å²) in [6, 6.07) is 11.1. The van der Waals surface area contributed by atoms with Gasteiger partial charge in [0.15, 0.2) is 0 Å². The van der Waals surface area contributed by atoms with Gasteiger partial charge >= 0.3 is 0 Å². The number of rotatable bonds is 3. The zero-order valence-corrected chi connectivity index (χ0v) is 10.5. The van der Waals surface area contributed by atoms with Gasteiger partial charge in [-0.3, -0.25) is 0 Å². The van der Waals surface area contributed by atoms with Gasteiger partial charge in [-0.2, -0.15) is 0 Å². The number of fused-ring (bicyclic) bond motifs is 3. The van der Waals surface area contributed by atoms with E-state index >= 15 is 0 Å². The summed E-state index contributed by atoms with van der Waals surface area (Å²) in [4.78, 5) is 0. The fourth-order valence-electron chi connectivity index (χ4n) is 2.75. The lowest BCUT2D eigenvalue weighted by atomic mass is 10.0. The first kappa shape index (κ1) is 12.2. The largest absolute Gasteiger partial charge is 0.507 e. The molecule has 0 radical (unpaired) electrons. The first-order chi connectivity index (χ1) is 9.22. The fourth-order valence-corrected chi connectivity index (χ4v) is 2.75. The highest BCUT2D eigenvalue weighted by Gasteiger charge is 2.29. The van der Waals surface area contributed by atoms with Crippen molar-refractivity contribution < 1.29 is 15.3 Å². The van der Waals surface area contributed by atoms with Crippen molar-refractivity contribution in [1.29, 1.82) is 0 Å². The molecule has 0 fully saturated rings. The Kier molecular flexibility index (Phi) is 3.01. The van der Waals surface area contributed by atoms with Gasteiger partial charge in [-0.15, -0.1) is 0 Å². The van der Waals surface area contributed by atoms with E-state index in [0.29, 0.717) is 6.42 Å². The van der Waals surface area contributed by atoms with Crippen molar-refractivity contribution in [2.75, 3.05) is 6.61 Å². The number of aryl methyl sites for hydroxylation is 1. The van der Waals surface area contributed by atoms with Crippen LogP contribution < -0.4 is 0 Å². The molecule has 2 aromatic carbocycles. The monoisotopic (exact) mass is 256 g/mol. The Labute approximate surface area is 111 Å². The Bertz CT molecular complexity index is 619. The predicted molar refractivity (Wildman–Crippen MR) is 73.0 cm³/mol. The van der Waals surface area contributed by atoms with Gasteiger partial charge in [0.05, 0.1) is 0 Å². The summed E-state index contributed by atoms with van der Waals surface area (Å²) >= 11 is 0. The second-order valence-electron chi connectivity index (χ2n) is 4.89. The zero-order valence-electron chi connectivity index (χ0n) is 10.5. The molecule has 1 unspecified atom stereocenters. The van der Waals surface area contributed by atoms with Crippen LogP contribution in [0, 0.1) is 0 Å². The van der Waals surface area contributed by atoms with Crippen LogP contribution in [0.1, 0.15) is 29.2 Å². The molecule has 0 bridgehead atoms. The fraction of sp³-hybridized carbons (Fsp3) is 0.250. The van der Waals surface area contributed by atoms with Crippen LogP contribution in [0.2, 0.25) is 0 Å². The molecule has 3 heteroatoms. The lowest BCUT2D eigenvalue weighted by molar-refractivity contribution is 0.225. The van der Waals surface area contributed by atoms with Crippen molar-refractivity contribution in [1.82, 2.24) is 0 Å². The van der Waals surface area contributed by atoms with Crippen LogP contribution in [-0.4, -0.2) is 21.9 Å². The predicted octanol–water partition coefficient (Wildman–Crippen LogP) is 2.38. The number of aliphatic hydroxyl groups is 2. The summed E-state index contributed by atoms with van der Waals surface area (Å²) in [5.74, 6) is 0.207. The van der Waals surface area contributed by atoms with Crippen molar-refractivity contribution in [3.63, 3.8) is 0 Å². The van der Waals surface area contributed by atoms with Crippen molar-refractivity contribution in [3.8, 4) is 16.9 Å². The minimum absolute atomic E-state index is 0.167. The minimum atomic E-state index is -0.675. The van der Waals surface area contributed by atoms with Gasteiger partial charge in [-0.05, 0) is 41.2 Å². The number of aliphatic hydroxyl groups excluding tert-OH is 2. The van der Waals surface area contributed by atoms with E-state index in [1.165, 1.54) is 0 Å². The Morgan fingerprint density at radius 2 is 1.89 bits per heavy atom. The van der Waals surface area contributed by atoms with Gasteiger partial charge in [0.2, 0.25) is 0 Å². The van der Waals surface area contributed by atoms with Crippen LogP contribution in [0.4, 0.5) is 0 Å². The number of phenols is 1. The molecule has 98 valence electrons. The molecular weight excluding hydrogens is 240 g/mol. The Morgan fingerprint density at radius 3 is 2.68 bits per heavy atom. The summed E-state index contributed by atoms with van der Waals surface area (Å²) in [5.41, 5.74) is 4.33. The third-order valence-electron chi connectivity index (χ3n) is 3.67. The number of hydrogen-bond acceptors (Lipinski definition) is 3. The molecule has 0 aromatic heterocycles. The molecule has 1 aliphatic rings. The first-order valence-electron chi connectivity index (χ1n) is 6.46. The molecule has 0 amide bonds. The SMILES string of the molecule is OCCCc1ccc2c(c1)C(O)c1cccc(O)c1-2. The van der Waals surface area contributed by atoms with Crippen LogP contribution in [0.3, 0.4) is 0 Å². The molecule has 0 heterocycles. The van der Waals surface area contributed by atoms with Crippen molar-refractivity contribution in [2.45, 2.75) is 18.9 Å². The van der Waals surface area contributed by atoms with Crippen LogP contribution in [0.25, 0.3) is 11.1 Å². The number of aromatic hydroxyl groups is 1. The van der Waals surface area contributed by atoms with Crippen molar-refractivity contribution in [3.05, 3.63) is 53.1 Å². The van der Waals surface area contributed by atoms with Crippen molar-refractivity contribution >= 4 is 0 Å². The second kappa shape index (κ2) is 4.68. The standard InChI is InChI=1S/C16H16O3/c17-8-2-3-10-6-7-11-13(9-10)16(19)12-4-1-5-14(18)15(11)12/h1,4-7,9,16-19H,2-3,8H2. The van der Waals surface area contributed by atoms with E-state index in [4.69, 9.17) is 5.11 Å². The Hall–Kier alpha value is -1.84. The average Bonchev–Trinajstić information content (AvgIpc) is 2.71. The maximum Gasteiger partial charge on any atom is 0.123 e. The summed E-state index contributed by atoms with van der Waals surface area (Å²) in [5, 5.41) is 29.2. The highest BCUT2D eigenvalue weighted by Crippen LogP contribution is 2.47. The van der Waals surface area contributed by atoms with E-state index in [0.717, 1.165) is 34.2 Å². The van der Waals surface area contributed by atoms with Crippen LogP contribution in [0.15, 0.2) is 36.4 Å². The summed E-state index contributed by atoms with van der Waals surface area (Å²) < 4.78 is 0. The average molecular weight is 256 g/mol. The van der Waals surface area contributed by atoms with E-state index in [9.17, 15) is 10.2 Å². The lowest BCUT2D eigenvalue weighted by Gasteiger charge is -2.07. The number of phenolic OH excluding ortho intramolecular Hbond substituents is 1. The van der Waals surface area contributed by atoms with Gasteiger partial charge in [0.25, 0.3) is 0 Å². The maximum absolute atomic E-state index is 10.3. The number of hydrogen-bond donors (Lipinski definition) is 3. The third kappa shape index (κ3) is 1.91. The molecular formula is C16H16O3. The molecule has 0 saturated carbocycles. The molecule has 3 N–H and O–H groups in total. The van der Waals surface area contributed by atoms with Crippen molar-refractivity contribution in [2.24, 2.45) is 0 Å². The van der Waals surface area contributed by atoms with E-state index in [2.05, 4.69) is 0 Å². The first-order valence-corrected chi connectivity index (χ1v) is 6.46. The highest BCUT2D eigenvalue weighted by atomic mass is 16.3. The number of benzene rings is 2. The second-order valence-corrected chi connectivity index (χ2v) is 4.89. The van der Waals surface area contributed by atoms with Crippen LogP contribution in [-0.2, 0) is 6.42 Å². The highest BCUT2D eigenvalue weighted by molar-refractivity contribution is 5.82. The van der Waals surface area contributed by atoms with Gasteiger partial charge in [0, 0.05) is 12.2 Å². The normalized spacial score (nSPS) is 16.2. The van der Waals surface area contributed by atoms with E-state index in [1.54, 1.807) is 12.1 Å². The van der Waals surface area contributed by atoms with E-state index in [-0.39, 0.29) is 12.4 Å². The Balaban J connectivity index is 2.07. The quantitative estimate of drug-likeness (QED) is 0.790. The van der Waals surface area contributed by atoms with Gasteiger partial charge in [-0.1, -0.05) is 30.3 Å². The van der Waals surface area contributed by atoms with E-state index < -0.39 is 6.10 Å². The maximum atomic E-state index is 10.3. The van der Waals surface area contributed by atoms with Gasteiger partial charge in [0.1, 0.15) is 11.9 Å². The lowest BCUT2D eigenvalue weighted by Crippen LogP contribution is -1.96. The molecule has 0 spiro atoms. The zero-order chi connectivity index (χ0) is 13.4. The molecule has 3 rings (SSSR count). The molecule has 19 heavy (non-hydrogen) atoms. The third-order valence-corrected chi connectivity index (χ3v) is 3.67. The Morgan fingerprint density at radius 1 is 1.05 bits per heavy atom. The molecule has 3 nitrogen and oxygen atoms in total. The molecule has 1 aliphatic carbocycles. The molecule has 0 aliphatic heterocycles. The molecule has 2 aromatic rings. The summed E-state index contributed by atoms with van der Waals surface area (Å²) in [6.07, 6.45) is 0.831. The minimum Gasteiger partial charge on any atom is -0.507 e. The van der Waals surface area contributed by atoms with Gasteiger partial charge in [-0.25, -0.2) is 0 Å². The van der Waals surface area contributed by atoms with Crippen LogP contribution in [0.5, 0.6) is 5.75 Å². The molecule has 1 atom stereocenters. The van der Waals surface area contributed by atoms with Crippen LogP contribution >= 0.6 is 0 Å². The topological polar surface area (TPSA) is 60.7 Å². The van der Waals surface area contributed by atoms with Gasteiger partial charge < -0.3 is 15.3 Å². The molecule has 0 saturated heterocycles. The van der Waals surface area contributed by atoms with E-state index in [1.807, 2.05) is 24.3 Å².